The first-order valence-corrected chi connectivity index (χ1v) is 9.74. The topological polar surface area (TPSA) is 84.0 Å². The number of benzene rings is 1. The molecule has 0 spiro atoms. The van der Waals surface area contributed by atoms with Gasteiger partial charge in [0.2, 0.25) is 5.91 Å². The van der Waals surface area contributed by atoms with Crippen molar-refractivity contribution in [2.75, 3.05) is 39.2 Å². The van der Waals surface area contributed by atoms with E-state index in [0.29, 0.717) is 37.2 Å². The zero-order valence-electron chi connectivity index (χ0n) is 17.0. The van der Waals surface area contributed by atoms with Crippen LogP contribution in [0.2, 0.25) is 0 Å². The fraction of sp³-hybridized carbons (Fsp3) is 0.600. The smallest absolute Gasteiger partial charge is 0.223 e. The van der Waals surface area contributed by atoms with E-state index in [0.717, 1.165) is 18.5 Å². The molecule has 1 aliphatic carbocycles. The highest BCUT2D eigenvalue weighted by atomic mass is 127. The van der Waals surface area contributed by atoms with Crippen LogP contribution >= 0.6 is 24.0 Å². The van der Waals surface area contributed by atoms with Gasteiger partial charge in [0, 0.05) is 37.8 Å². The molecular weight excluding hydrogens is 471 g/mol. The first kappa shape index (κ1) is 24.3. The highest BCUT2D eigenvalue weighted by Crippen LogP contribution is 2.30. The van der Waals surface area contributed by atoms with Crippen LogP contribution in [0.3, 0.4) is 0 Å². The number of ether oxygens (including phenoxy) is 2. The molecule has 1 amide bonds. The van der Waals surface area contributed by atoms with Crippen molar-refractivity contribution in [3.8, 4) is 11.5 Å². The van der Waals surface area contributed by atoms with Gasteiger partial charge in [-0.15, -0.1) is 24.0 Å². The van der Waals surface area contributed by atoms with Gasteiger partial charge in [-0.3, -0.25) is 9.79 Å². The van der Waals surface area contributed by atoms with Crippen LogP contribution in [-0.2, 0) is 4.79 Å². The van der Waals surface area contributed by atoms with Gasteiger partial charge in [-0.2, -0.15) is 0 Å². The average Bonchev–Trinajstić information content (AvgIpc) is 2.71. The molecule has 0 saturated heterocycles. The molecule has 1 saturated carbocycles. The van der Waals surface area contributed by atoms with Crippen LogP contribution in [-0.4, -0.2) is 45.7 Å². The molecule has 0 aromatic heterocycles. The maximum Gasteiger partial charge on any atom is 0.223 e. The summed E-state index contributed by atoms with van der Waals surface area (Å²) in [6.45, 7) is 3.67. The van der Waals surface area contributed by atoms with Gasteiger partial charge in [-0.1, -0.05) is 19.3 Å². The maximum atomic E-state index is 12.2. The standard InChI is InChI=1S/C20H32N4O3.HI/c1-4-27-18-14-16(10-11-17(18)26-3)24-20(21-2)23-13-12-22-19(25)15-8-6-5-7-9-15;/h10-11,14-15H,4-9,12-13H2,1-3H3,(H,22,25)(H2,21,23,24);1H. The molecule has 0 bridgehead atoms. The molecule has 7 nitrogen and oxygen atoms in total. The number of halogens is 1. The number of anilines is 1. The number of methoxy groups -OCH3 is 1. The summed E-state index contributed by atoms with van der Waals surface area (Å²) in [6, 6.07) is 5.63. The van der Waals surface area contributed by atoms with Gasteiger partial charge in [0.05, 0.1) is 13.7 Å². The summed E-state index contributed by atoms with van der Waals surface area (Å²) in [5.74, 6) is 2.37. The summed E-state index contributed by atoms with van der Waals surface area (Å²) in [6.07, 6.45) is 5.62. The van der Waals surface area contributed by atoms with Gasteiger partial charge in [-0.05, 0) is 31.9 Å². The molecule has 1 aromatic rings. The summed E-state index contributed by atoms with van der Waals surface area (Å²) in [7, 11) is 3.33. The zero-order valence-corrected chi connectivity index (χ0v) is 19.4. The molecule has 8 heteroatoms. The third-order valence-corrected chi connectivity index (χ3v) is 4.64. The summed E-state index contributed by atoms with van der Waals surface area (Å²) < 4.78 is 10.9. The first-order valence-electron chi connectivity index (χ1n) is 9.74. The number of carbonyl (C=O) groups excluding carboxylic acids is 1. The van der Waals surface area contributed by atoms with Gasteiger partial charge < -0.3 is 25.4 Å². The SMILES string of the molecule is CCOc1cc(NC(=NC)NCCNC(=O)C2CCCCC2)ccc1OC.I. The van der Waals surface area contributed by atoms with Gasteiger partial charge in [0.15, 0.2) is 17.5 Å². The van der Waals surface area contributed by atoms with Gasteiger partial charge in [0.1, 0.15) is 0 Å². The Bertz CT molecular complexity index is 634. The molecule has 28 heavy (non-hydrogen) atoms. The Labute approximate surface area is 185 Å². The van der Waals surface area contributed by atoms with Gasteiger partial charge in [0.25, 0.3) is 0 Å². The van der Waals surface area contributed by atoms with E-state index in [1.807, 2.05) is 25.1 Å². The number of amides is 1. The minimum Gasteiger partial charge on any atom is -0.493 e. The van der Waals surface area contributed by atoms with E-state index in [-0.39, 0.29) is 35.8 Å². The van der Waals surface area contributed by atoms with Crippen molar-refractivity contribution in [2.45, 2.75) is 39.0 Å². The summed E-state index contributed by atoms with van der Waals surface area (Å²) in [5, 5.41) is 9.45. The number of carbonyl (C=O) groups is 1. The second-order valence-electron chi connectivity index (χ2n) is 6.55. The molecule has 0 atom stereocenters. The monoisotopic (exact) mass is 504 g/mol. The Balaban J connectivity index is 0.00000392. The minimum absolute atomic E-state index is 0. The fourth-order valence-electron chi connectivity index (χ4n) is 3.21. The summed E-state index contributed by atoms with van der Waals surface area (Å²) >= 11 is 0. The zero-order chi connectivity index (χ0) is 19.5. The van der Waals surface area contributed by atoms with Crippen LogP contribution in [0.4, 0.5) is 5.69 Å². The van der Waals surface area contributed by atoms with Crippen molar-refractivity contribution in [1.29, 1.82) is 0 Å². The predicted octanol–water partition coefficient (Wildman–Crippen LogP) is 3.40. The highest BCUT2D eigenvalue weighted by molar-refractivity contribution is 14.0. The predicted molar refractivity (Wildman–Crippen MR) is 124 cm³/mol. The average molecular weight is 504 g/mol. The third kappa shape index (κ3) is 7.73. The minimum atomic E-state index is 0. The van der Waals surface area contributed by atoms with E-state index in [9.17, 15) is 4.79 Å². The first-order chi connectivity index (χ1) is 13.2. The van der Waals surface area contributed by atoms with Crippen LogP contribution < -0.4 is 25.4 Å². The molecule has 3 N–H and O–H groups in total. The quantitative estimate of drug-likeness (QED) is 0.219. The van der Waals surface area contributed by atoms with Crippen molar-refractivity contribution in [1.82, 2.24) is 10.6 Å². The molecular formula is C20H33IN4O3. The van der Waals surface area contributed by atoms with Crippen molar-refractivity contribution in [2.24, 2.45) is 10.9 Å². The van der Waals surface area contributed by atoms with E-state index in [2.05, 4.69) is 20.9 Å². The molecule has 1 aromatic carbocycles. The lowest BCUT2D eigenvalue weighted by atomic mass is 9.89. The van der Waals surface area contributed by atoms with Crippen LogP contribution in [0.15, 0.2) is 23.2 Å². The Hall–Kier alpha value is -1.71. The summed E-state index contributed by atoms with van der Waals surface area (Å²) in [4.78, 5) is 16.4. The van der Waals surface area contributed by atoms with Crippen molar-refractivity contribution >= 4 is 41.5 Å². The van der Waals surface area contributed by atoms with Gasteiger partial charge >= 0.3 is 0 Å². The van der Waals surface area contributed by atoms with E-state index in [1.165, 1.54) is 19.3 Å². The molecule has 0 heterocycles. The van der Waals surface area contributed by atoms with Crippen LogP contribution in [0.25, 0.3) is 0 Å². The van der Waals surface area contributed by atoms with Crippen molar-refractivity contribution in [3.05, 3.63) is 18.2 Å². The second kappa shape index (κ2) is 13.5. The number of aliphatic imine (C=N–C) groups is 1. The summed E-state index contributed by atoms with van der Waals surface area (Å²) in [5.41, 5.74) is 0.846. The highest BCUT2D eigenvalue weighted by Gasteiger charge is 2.20. The number of hydrogen-bond acceptors (Lipinski definition) is 4. The van der Waals surface area contributed by atoms with E-state index >= 15 is 0 Å². The normalized spacial score (nSPS) is 14.6. The van der Waals surface area contributed by atoms with Gasteiger partial charge in [-0.25, -0.2) is 0 Å². The lowest BCUT2D eigenvalue weighted by Gasteiger charge is -2.21. The Morgan fingerprint density at radius 3 is 2.50 bits per heavy atom. The number of guanidine groups is 1. The Morgan fingerprint density at radius 1 is 1.14 bits per heavy atom. The molecule has 2 rings (SSSR count). The molecule has 0 radical (unpaired) electrons. The maximum absolute atomic E-state index is 12.2. The number of rotatable bonds is 8. The molecule has 0 aliphatic heterocycles. The third-order valence-electron chi connectivity index (χ3n) is 4.64. The van der Waals surface area contributed by atoms with Crippen LogP contribution in [0.5, 0.6) is 11.5 Å². The second-order valence-corrected chi connectivity index (χ2v) is 6.55. The molecule has 1 aliphatic rings. The Morgan fingerprint density at radius 2 is 1.86 bits per heavy atom. The molecule has 1 fully saturated rings. The lowest BCUT2D eigenvalue weighted by molar-refractivity contribution is -0.125. The molecule has 0 unspecified atom stereocenters. The number of hydrogen-bond donors (Lipinski definition) is 3. The van der Waals surface area contributed by atoms with E-state index in [1.54, 1.807) is 14.2 Å². The largest absolute Gasteiger partial charge is 0.493 e. The molecule has 158 valence electrons. The van der Waals surface area contributed by atoms with Crippen molar-refractivity contribution < 1.29 is 14.3 Å². The number of nitrogens with one attached hydrogen (secondary N) is 3. The fourth-order valence-corrected chi connectivity index (χ4v) is 3.21. The lowest BCUT2D eigenvalue weighted by Crippen LogP contribution is -2.40. The van der Waals surface area contributed by atoms with E-state index < -0.39 is 0 Å². The Kier molecular flexibility index (Phi) is 11.7. The van der Waals surface area contributed by atoms with Crippen molar-refractivity contribution in [3.63, 3.8) is 0 Å². The van der Waals surface area contributed by atoms with Crippen LogP contribution in [0, 0.1) is 5.92 Å². The number of nitrogens with zero attached hydrogens (tertiary/aromatic N) is 1. The van der Waals surface area contributed by atoms with Crippen LogP contribution in [0.1, 0.15) is 39.0 Å². The van der Waals surface area contributed by atoms with E-state index in [4.69, 9.17) is 9.47 Å².